The summed E-state index contributed by atoms with van der Waals surface area (Å²) < 4.78 is 0. The standard InChI is InChI=1S/C5H2N4OS/c10-4-2-3(7-1-6-2)8-5(11)9-4/h1H,(H,9,10,11). The summed E-state index contributed by atoms with van der Waals surface area (Å²) in [7, 11) is 0. The Morgan fingerprint density at radius 2 is 2.36 bits per heavy atom. The molecule has 2 aliphatic rings. The third-order valence-corrected chi connectivity index (χ3v) is 1.41. The first-order chi connectivity index (χ1) is 5.27. The van der Waals surface area contributed by atoms with Crippen LogP contribution < -0.4 is 5.32 Å². The van der Waals surface area contributed by atoms with Crippen LogP contribution >= 0.6 is 12.2 Å². The van der Waals surface area contributed by atoms with E-state index < -0.39 is 0 Å². The SMILES string of the molecule is O=C1NC(=S)N=C2N=CN=C12. The Kier molecular flexibility index (Phi) is 1.16. The van der Waals surface area contributed by atoms with Gasteiger partial charge >= 0.3 is 0 Å². The molecule has 0 aromatic rings. The first kappa shape index (κ1) is 6.29. The summed E-state index contributed by atoms with van der Waals surface area (Å²) in [6.07, 6.45) is 1.28. The highest BCUT2D eigenvalue weighted by molar-refractivity contribution is 7.80. The molecule has 0 saturated heterocycles. The number of amides is 1. The summed E-state index contributed by atoms with van der Waals surface area (Å²) >= 11 is 4.66. The summed E-state index contributed by atoms with van der Waals surface area (Å²) in [6.45, 7) is 0. The maximum absolute atomic E-state index is 11.0. The van der Waals surface area contributed by atoms with Gasteiger partial charge in [-0.2, -0.15) is 4.99 Å². The molecule has 2 heterocycles. The fraction of sp³-hybridized carbons (Fsp3) is 0. The van der Waals surface area contributed by atoms with E-state index in [-0.39, 0.29) is 16.7 Å². The van der Waals surface area contributed by atoms with Crippen molar-refractivity contribution in [2.24, 2.45) is 15.0 Å². The van der Waals surface area contributed by atoms with Gasteiger partial charge in [0.05, 0.1) is 0 Å². The number of nitrogens with one attached hydrogen (secondary N) is 1. The van der Waals surface area contributed by atoms with Crippen molar-refractivity contribution in [2.45, 2.75) is 0 Å². The van der Waals surface area contributed by atoms with E-state index in [1.807, 2.05) is 0 Å². The van der Waals surface area contributed by atoms with Crippen molar-refractivity contribution in [3.8, 4) is 0 Å². The van der Waals surface area contributed by atoms with E-state index in [4.69, 9.17) is 0 Å². The Balaban J connectivity index is 2.53. The van der Waals surface area contributed by atoms with E-state index in [1.54, 1.807) is 0 Å². The number of thiocarbonyl (C=S) groups is 1. The van der Waals surface area contributed by atoms with Crippen molar-refractivity contribution in [3.63, 3.8) is 0 Å². The number of aliphatic imine (C=N–C) groups is 3. The molecule has 0 bridgehead atoms. The van der Waals surface area contributed by atoms with Crippen LogP contribution in [0.15, 0.2) is 15.0 Å². The summed E-state index contributed by atoms with van der Waals surface area (Å²) in [5.41, 5.74) is 0.235. The van der Waals surface area contributed by atoms with Crippen LogP contribution in [-0.2, 0) is 4.79 Å². The minimum absolute atomic E-state index is 0.142. The van der Waals surface area contributed by atoms with Crippen molar-refractivity contribution >= 4 is 41.1 Å². The van der Waals surface area contributed by atoms with Crippen LogP contribution in [-0.4, -0.2) is 28.9 Å². The normalized spacial score (nSPS) is 20.7. The maximum atomic E-state index is 11.0. The molecule has 5 nitrogen and oxygen atoms in total. The number of amidine groups is 1. The smallest absolute Gasteiger partial charge is 0.280 e. The number of hydrogen-bond acceptors (Lipinski definition) is 4. The lowest BCUT2D eigenvalue weighted by Gasteiger charge is -2.07. The number of fused-ring (bicyclic) bond motifs is 1. The van der Waals surface area contributed by atoms with Crippen LogP contribution in [0.3, 0.4) is 0 Å². The molecule has 6 heteroatoms. The average molecular weight is 166 g/mol. The van der Waals surface area contributed by atoms with Crippen molar-refractivity contribution in [1.82, 2.24) is 5.32 Å². The molecule has 0 unspecified atom stereocenters. The summed E-state index contributed by atoms with van der Waals surface area (Å²) in [5.74, 6) is -0.0312. The van der Waals surface area contributed by atoms with Crippen LogP contribution in [0.1, 0.15) is 0 Å². The predicted octanol–water partition coefficient (Wildman–Crippen LogP) is -0.718. The number of nitrogens with zero attached hydrogens (tertiary/aromatic N) is 3. The second-order valence-electron chi connectivity index (χ2n) is 1.92. The maximum Gasteiger partial charge on any atom is 0.280 e. The molecular weight excluding hydrogens is 164 g/mol. The third kappa shape index (κ3) is 0.874. The molecule has 2 aliphatic heterocycles. The summed E-state index contributed by atoms with van der Waals surface area (Å²) in [4.78, 5) is 22.2. The minimum Gasteiger partial charge on any atom is -0.296 e. The lowest BCUT2D eigenvalue weighted by atomic mass is 10.3. The van der Waals surface area contributed by atoms with Gasteiger partial charge in [0, 0.05) is 0 Å². The van der Waals surface area contributed by atoms with Gasteiger partial charge < -0.3 is 0 Å². The molecule has 54 valence electrons. The van der Waals surface area contributed by atoms with Gasteiger partial charge in [-0.25, -0.2) is 9.98 Å². The van der Waals surface area contributed by atoms with Crippen LogP contribution in [0, 0.1) is 0 Å². The van der Waals surface area contributed by atoms with Crippen LogP contribution in [0.25, 0.3) is 0 Å². The zero-order valence-corrected chi connectivity index (χ0v) is 6.05. The highest BCUT2D eigenvalue weighted by atomic mass is 32.1. The highest BCUT2D eigenvalue weighted by Gasteiger charge is 2.25. The molecule has 0 aromatic heterocycles. The van der Waals surface area contributed by atoms with E-state index in [0.717, 1.165) is 0 Å². The van der Waals surface area contributed by atoms with Gasteiger partial charge in [0.1, 0.15) is 6.34 Å². The molecular formula is C5H2N4OS. The molecule has 0 aromatic carbocycles. The third-order valence-electron chi connectivity index (χ3n) is 1.22. The number of hydrogen-bond donors (Lipinski definition) is 1. The fourth-order valence-electron chi connectivity index (χ4n) is 0.783. The molecule has 1 amide bonds. The molecule has 0 aliphatic carbocycles. The van der Waals surface area contributed by atoms with Gasteiger partial charge in [-0.15, -0.1) is 0 Å². The molecule has 0 spiro atoms. The lowest BCUT2D eigenvalue weighted by Crippen LogP contribution is -2.41. The zero-order valence-electron chi connectivity index (χ0n) is 5.24. The lowest BCUT2D eigenvalue weighted by molar-refractivity contribution is -0.113. The van der Waals surface area contributed by atoms with Crippen LogP contribution in [0.2, 0.25) is 0 Å². The first-order valence-electron chi connectivity index (χ1n) is 2.82. The van der Waals surface area contributed by atoms with Crippen molar-refractivity contribution in [3.05, 3.63) is 0 Å². The number of carbonyl (C=O) groups excluding carboxylic acids is 1. The van der Waals surface area contributed by atoms with E-state index in [2.05, 4.69) is 32.5 Å². The topological polar surface area (TPSA) is 66.2 Å². The summed E-state index contributed by atoms with van der Waals surface area (Å²) in [5, 5.41) is 2.49. The Morgan fingerprint density at radius 1 is 1.55 bits per heavy atom. The molecule has 1 N–H and O–H groups in total. The fourth-order valence-corrected chi connectivity index (χ4v) is 0.962. The van der Waals surface area contributed by atoms with Crippen LogP contribution in [0.4, 0.5) is 0 Å². The van der Waals surface area contributed by atoms with Gasteiger partial charge in [-0.05, 0) is 12.2 Å². The van der Waals surface area contributed by atoms with Gasteiger partial charge in [0.25, 0.3) is 5.91 Å². The molecule has 11 heavy (non-hydrogen) atoms. The average Bonchev–Trinajstić information content (AvgIpc) is 2.34. The zero-order chi connectivity index (χ0) is 7.84. The monoisotopic (exact) mass is 166 g/mol. The Hall–Kier alpha value is -1.43. The van der Waals surface area contributed by atoms with Gasteiger partial charge in [0.15, 0.2) is 11.5 Å². The van der Waals surface area contributed by atoms with E-state index >= 15 is 0 Å². The van der Waals surface area contributed by atoms with Crippen molar-refractivity contribution in [1.29, 1.82) is 0 Å². The first-order valence-corrected chi connectivity index (χ1v) is 3.23. The summed E-state index contributed by atoms with van der Waals surface area (Å²) in [6, 6.07) is 0. The Labute approximate surface area is 66.9 Å². The molecule has 0 atom stereocenters. The minimum atomic E-state index is -0.336. The van der Waals surface area contributed by atoms with E-state index in [1.165, 1.54) is 6.34 Å². The van der Waals surface area contributed by atoms with Gasteiger partial charge in [0.2, 0.25) is 5.11 Å². The molecule has 0 radical (unpaired) electrons. The van der Waals surface area contributed by atoms with Crippen LogP contribution in [0.5, 0.6) is 0 Å². The number of rotatable bonds is 0. The quantitative estimate of drug-likeness (QED) is 0.483. The van der Waals surface area contributed by atoms with E-state index in [0.29, 0.717) is 5.84 Å². The number of carbonyl (C=O) groups is 1. The largest absolute Gasteiger partial charge is 0.296 e. The molecule has 0 fully saturated rings. The molecule has 0 saturated carbocycles. The predicted molar refractivity (Wildman–Crippen MR) is 44.1 cm³/mol. The van der Waals surface area contributed by atoms with Crippen molar-refractivity contribution < 1.29 is 4.79 Å². The van der Waals surface area contributed by atoms with Gasteiger partial charge in [-0.3, -0.25) is 10.1 Å². The highest BCUT2D eigenvalue weighted by Crippen LogP contribution is 2.00. The van der Waals surface area contributed by atoms with Gasteiger partial charge in [-0.1, -0.05) is 0 Å². The second kappa shape index (κ2) is 2.03. The Morgan fingerprint density at radius 3 is 3.18 bits per heavy atom. The molecule has 2 rings (SSSR count). The van der Waals surface area contributed by atoms with E-state index in [9.17, 15) is 4.79 Å². The van der Waals surface area contributed by atoms with Crippen molar-refractivity contribution in [2.75, 3.05) is 0 Å². The second-order valence-corrected chi connectivity index (χ2v) is 2.30. The Bertz CT molecular complexity index is 340.